The number of aliphatic hydroxyl groups is 1. The molecule has 2 aromatic rings. The maximum absolute atomic E-state index is 12.5. The van der Waals surface area contributed by atoms with E-state index in [0.717, 1.165) is 17.3 Å². The van der Waals surface area contributed by atoms with Gasteiger partial charge in [-0.15, -0.1) is 0 Å². The summed E-state index contributed by atoms with van der Waals surface area (Å²) in [5, 5.41) is 14.4. The third-order valence-electron chi connectivity index (χ3n) is 3.79. The first kappa shape index (κ1) is 12.2. The molecule has 1 N–H and O–H groups in total. The molecule has 0 saturated carbocycles. The van der Waals surface area contributed by atoms with Crippen LogP contribution in [0.5, 0.6) is 0 Å². The van der Waals surface area contributed by atoms with Crippen molar-refractivity contribution in [3.63, 3.8) is 0 Å². The van der Waals surface area contributed by atoms with Crippen LogP contribution >= 0.6 is 0 Å². The number of aryl methyl sites for hydroxylation is 1. The van der Waals surface area contributed by atoms with Gasteiger partial charge in [0.2, 0.25) is 0 Å². The molecule has 1 aliphatic rings. The first-order valence-corrected chi connectivity index (χ1v) is 6.52. The zero-order valence-corrected chi connectivity index (χ0v) is 10.9. The highest BCUT2D eigenvalue weighted by atomic mass is 16.3. The summed E-state index contributed by atoms with van der Waals surface area (Å²) in [6, 6.07) is 7.74. The van der Waals surface area contributed by atoms with E-state index in [4.69, 9.17) is 5.11 Å². The Labute approximate surface area is 111 Å². The average Bonchev–Trinajstić information content (AvgIpc) is 3.04. The lowest BCUT2D eigenvalue weighted by molar-refractivity contribution is 0.0777. The van der Waals surface area contributed by atoms with E-state index in [-0.39, 0.29) is 18.4 Å². The molecule has 1 saturated heterocycles. The third-order valence-corrected chi connectivity index (χ3v) is 3.79. The summed E-state index contributed by atoms with van der Waals surface area (Å²) < 4.78 is 1.74. The van der Waals surface area contributed by atoms with Crippen LogP contribution in [0.3, 0.4) is 0 Å². The van der Waals surface area contributed by atoms with Gasteiger partial charge in [0.15, 0.2) is 5.69 Å². The number of hydrogen-bond donors (Lipinski definition) is 1. The van der Waals surface area contributed by atoms with Gasteiger partial charge in [-0.25, -0.2) is 0 Å². The Bertz CT molecular complexity index is 620. The second kappa shape index (κ2) is 4.66. The van der Waals surface area contributed by atoms with Crippen LogP contribution in [0.4, 0.5) is 0 Å². The Morgan fingerprint density at radius 2 is 2.26 bits per heavy atom. The highest BCUT2D eigenvalue weighted by Crippen LogP contribution is 2.22. The van der Waals surface area contributed by atoms with Crippen molar-refractivity contribution in [2.45, 2.75) is 6.42 Å². The molecule has 1 aliphatic heterocycles. The number of likely N-dealkylation sites (tertiary alicyclic amines) is 1. The summed E-state index contributed by atoms with van der Waals surface area (Å²) in [5.41, 5.74) is 1.47. The van der Waals surface area contributed by atoms with Crippen LogP contribution in [0.1, 0.15) is 16.9 Å². The number of carbonyl (C=O) groups excluding carboxylic acids is 1. The van der Waals surface area contributed by atoms with Gasteiger partial charge in [0.1, 0.15) is 0 Å². The van der Waals surface area contributed by atoms with E-state index in [1.807, 2.05) is 31.3 Å². The van der Waals surface area contributed by atoms with Gasteiger partial charge in [0, 0.05) is 38.0 Å². The molecule has 1 aromatic heterocycles. The largest absolute Gasteiger partial charge is 0.396 e. The minimum atomic E-state index is -0.0345. The van der Waals surface area contributed by atoms with E-state index in [0.29, 0.717) is 18.8 Å². The smallest absolute Gasteiger partial charge is 0.275 e. The molecule has 100 valence electrons. The topological polar surface area (TPSA) is 58.4 Å². The highest BCUT2D eigenvalue weighted by Gasteiger charge is 2.28. The Morgan fingerprint density at radius 1 is 1.47 bits per heavy atom. The van der Waals surface area contributed by atoms with Gasteiger partial charge in [0.05, 0.1) is 5.52 Å². The second-order valence-electron chi connectivity index (χ2n) is 5.08. The Kier molecular flexibility index (Phi) is 2.98. The monoisotopic (exact) mass is 259 g/mol. The Morgan fingerprint density at radius 3 is 3.00 bits per heavy atom. The van der Waals surface area contributed by atoms with Gasteiger partial charge in [-0.2, -0.15) is 5.10 Å². The number of aromatic nitrogens is 2. The van der Waals surface area contributed by atoms with E-state index in [2.05, 4.69) is 5.10 Å². The van der Waals surface area contributed by atoms with Crippen molar-refractivity contribution in [3.8, 4) is 0 Å². The molecule has 0 bridgehead atoms. The summed E-state index contributed by atoms with van der Waals surface area (Å²) in [7, 11) is 1.85. The summed E-state index contributed by atoms with van der Waals surface area (Å²) in [4.78, 5) is 14.3. The van der Waals surface area contributed by atoms with Gasteiger partial charge >= 0.3 is 0 Å². The summed E-state index contributed by atoms with van der Waals surface area (Å²) in [6.45, 7) is 1.47. The van der Waals surface area contributed by atoms with Crippen molar-refractivity contribution in [1.82, 2.24) is 14.7 Å². The van der Waals surface area contributed by atoms with Gasteiger partial charge in [-0.1, -0.05) is 18.2 Å². The van der Waals surface area contributed by atoms with Crippen LogP contribution in [0.25, 0.3) is 10.9 Å². The van der Waals surface area contributed by atoms with E-state index in [1.54, 1.807) is 9.58 Å². The third kappa shape index (κ3) is 2.00. The quantitative estimate of drug-likeness (QED) is 0.876. The maximum Gasteiger partial charge on any atom is 0.275 e. The van der Waals surface area contributed by atoms with Gasteiger partial charge < -0.3 is 10.0 Å². The maximum atomic E-state index is 12.5. The van der Waals surface area contributed by atoms with Crippen LogP contribution in [-0.2, 0) is 7.05 Å². The molecule has 1 amide bonds. The standard InChI is InChI=1S/C14H17N3O2/c1-16-12-5-3-2-4-11(12)13(15-16)14(19)17-7-6-10(8-17)9-18/h2-5,10,18H,6-9H2,1H3/t10-/m0/s1. The molecular weight excluding hydrogens is 242 g/mol. The zero-order valence-electron chi connectivity index (χ0n) is 10.9. The molecule has 3 rings (SSSR count). The number of carbonyl (C=O) groups is 1. The van der Waals surface area contributed by atoms with Gasteiger partial charge in [-0.3, -0.25) is 9.48 Å². The molecule has 1 aromatic carbocycles. The Hall–Kier alpha value is -1.88. The Balaban J connectivity index is 1.94. The predicted octanol–water partition coefficient (Wildman–Crippen LogP) is 1.03. The summed E-state index contributed by atoms with van der Waals surface area (Å²) in [5.74, 6) is 0.173. The van der Waals surface area contributed by atoms with E-state index < -0.39 is 0 Å². The molecule has 1 atom stereocenters. The highest BCUT2D eigenvalue weighted by molar-refractivity contribution is 6.04. The molecule has 5 nitrogen and oxygen atoms in total. The van der Waals surface area contributed by atoms with Crippen LogP contribution < -0.4 is 0 Å². The lowest BCUT2D eigenvalue weighted by Gasteiger charge is -2.14. The first-order chi connectivity index (χ1) is 9.20. The van der Waals surface area contributed by atoms with Crippen LogP contribution in [-0.4, -0.2) is 45.4 Å². The fourth-order valence-corrected chi connectivity index (χ4v) is 2.69. The first-order valence-electron chi connectivity index (χ1n) is 6.52. The minimum Gasteiger partial charge on any atom is -0.396 e. The molecule has 0 spiro atoms. The van der Waals surface area contributed by atoms with Crippen LogP contribution in [0, 0.1) is 5.92 Å². The number of para-hydroxylation sites is 1. The fourth-order valence-electron chi connectivity index (χ4n) is 2.69. The average molecular weight is 259 g/mol. The molecule has 1 fully saturated rings. The molecule has 19 heavy (non-hydrogen) atoms. The van der Waals surface area contributed by atoms with Crippen molar-refractivity contribution >= 4 is 16.8 Å². The fraction of sp³-hybridized carbons (Fsp3) is 0.429. The van der Waals surface area contributed by atoms with Crippen molar-refractivity contribution in [2.24, 2.45) is 13.0 Å². The molecule has 0 unspecified atom stereocenters. The second-order valence-corrected chi connectivity index (χ2v) is 5.08. The molecule has 2 heterocycles. The number of fused-ring (bicyclic) bond motifs is 1. The minimum absolute atomic E-state index is 0.0345. The lowest BCUT2D eigenvalue weighted by atomic mass is 10.1. The number of nitrogens with zero attached hydrogens (tertiary/aromatic N) is 3. The zero-order chi connectivity index (χ0) is 13.4. The number of aliphatic hydroxyl groups excluding tert-OH is 1. The summed E-state index contributed by atoms with van der Waals surface area (Å²) >= 11 is 0. The number of amides is 1. The SMILES string of the molecule is Cn1nc(C(=O)N2CC[C@H](CO)C2)c2ccccc21. The van der Waals surface area contributed by atoms with Crippen molar-refractivity contribution in [1.29, 1.82) is 0 Å². The molecule has 0 aliphatic carbocycles. The number of benzene rings is 1. The normalized spacial score (nSPS) is 19.3. The van der Waals surface area contributed by atoms with Crippen molar-refractivity contribution in [3.05, 3.63) is 30.0 Å². The lowest BCUT2D eigenvalue weighted by Crippen LogP contribution is -2.29. The van der Waals surface area contributed by atoms with Gasteiger partial charge in [0.25, 0.3) is 5.91 Å². The van der Waals surface area contributed by atoms with Crippen LogP contribution in [0.2, 0.25) is 0 Å². The van der Waals surface area contributed by atoms with Crippen LogP contribution in [0.15, 0.2) is 24.3 Å². The van der Waals surface area contributed by atoms with Crippen molar-refractivity contribution in [2.75, 3.05) is 19.7 Å². The predicted molar refractivity (Wildman–Crippen MR) is 71.8 cm³/mol. The van der Waals surface area contributed by atoms with E-state index >= 15 is 0 Å². The van der Waals surface area contributed by atoms with E-state index in [9.17, 15) is 4.79 Å². The number of rotatable bonds is 2. The molecular formula is C14H17N3O2. The number of hydrogen-bond acceptors (Lipinski definition) is 3. The van der Waals surface area contributed by atoms with E-state index in [1.165, 1.54) is 0 Å². The van der Waals surface area contributed by atoms with Crippen molar-refractivity contribution < 1.29 is 9.90 Å². The summed E-state index contributed by atoms with van der Waals surface area (Å²) in [6.07, 6.45) is 0.868. The molecule has 0 radical (unpaired) electrons. The molecule has 5 heteroatoms. The van der Waals surface area contributed by atoms with Gasteiger partial charge in [-0.05, 0) is 12.5 Å².